The summed E-state index contributed by atoms with van der Waals surface area (Å²) in [6, 6.07) is 0. The Morgan fingerprint density at radius 1 is 1.00 bits per heavy atom. The Morgan fingerprint density at radius 3 is 2.30 bits per heavy atom. The van der Waals surface area contributed by atoms with Crippen molar-refractivity contribution >= 4 is 5.97 Å². The highest BCUT2D eigenvalue weighted by Crippen LogP contribution is 2.36. The van der Waals surface area contributed by atoms with Crippen LogP contribution in [0.15, 0.2) is 24.3 Å². The maximum absolute atomic E-state index is 10.3. The topological polar surface area (TPSA) is 46.5 Å². The van der Waals surface area contributed by atoms with Crippen molar-refractivity contribution in [1.29, 1.82) is 0 Å². The van der Waals surface area contributed by atoms with Gasteiger partial charge < -0.3 is 9.84 Å². The fraction of sp³-hybridized carbons (Fsp3) is 0.750. The third-order valence-electron chi connectivity index (χ3n) is 5.02. The van der Waals surface area contributed by atoms with Gasteiger partial charge >= 0.3 is 5.97 Å². The zero-order valence-corrected chi connectivity index (χ0v) is 15.0. The molecule has 0 aromatic rings. The summed E-state index contributed by atoms with van der Waals surface area (Å²) in [6.45, 7) is 6.93. The molecule has 4 unspecified atom stereocenters. The largest absolute Gasteiger partial charge is 0.478 e. The first-order chi connectivity index (χ1) is 11.1. The second-order valence-electron chi connectivity index (χ2n) is 6.84. The van der Waals surface area contributed by atoms with Crippen molar-refractivity contribution in [3.63, 3.8) is 0 Å². The highest BCUT2D eigenvalue weighted by Gasteiger charge is 2.37. The Balaban J connectivity index is 2.06. The third-order valence-corrected chi connectivity index (χ3v) is 5.02. The van der Waals surface area contributed by atoms with Crippen LogP contribution in [0.5, 0.6) is 0 Å². The van der Waals surface area contributed by atoms with Crippen LogP contribution in [0.1, 0.15) is 72.1 Å². The number of allylic oxidation sites excluding steroid dienone is 3. The Hall–Kier alpha value is -1.09. The Bertz CT molecular complexity index is 386. The molecule has 23 heavy (non-hydrogen) atoms. The summed E-state index contributed by atoms with van der Waals surface area (Å²) in [7, 11) is 0. The van der Waals surface area contributed by atoms with Gasteiger partial charge in [-0.15, -0.1) is 0 Å². The molecule has 3 heteroatoms. The molecule has 1 aliphatic rings. The number of carbonyl (C=O) groups is 1. The first-order valence-corrected chi connectivity index (χ1v) is 9.27. The van der Waals surface area contributed by atoms with E-state index in [4.69, 9.17) is 9.84 Å². The van der Waals surface area contributed by atoms with Crippen molar-refractivity contribution in [3.8, 4) is 0 Å². The average molecular weight is 322 g/mol. The van der Waals surface area contributed by atoms with E-state index in [-0.39, 0.29) is 0 Å². The van der Waals surface area contributed by atoms with Crippen LogP contribution in [0, 0.1) is 11.8 Å². The lowest BCUT2D eigenvalue weighted by molar-refractivity contribution is -0.131. The minimum Gasteiger partial charge on any atom is -0.478 e. The molecular weight excluding hydrogens is 288 g/mol. The second-order valence-corrected chi connectivity index (χ2v) is 6.84. The van der Waals surface area contributed by atoms with Crippen molar-refractivity contribution in [1.82, 2.24) is 0 Å². The maximum Gasteiger partial charge on any atom is 0.328 e. The summed E-state index contributed by atoms with van der Waals surface area (Å²) in [5.74, 6) is 0.493. The lowest BCUT2D eigenvalue weighted by Gasteiger charge is -2.15. The van der Waals surface area contributed by atoms with Crippen LogP contribution in [0.2, 0.25) is 0 Å². The standard InChI is InChI=1S/C20H34O3/c1-4-13-18-16(2)17(3)19(23-18)14-11-9-7-5-6-8-10-12-15-20(21)22/h8,10,12,15-19H,4-7,9,11,13-14H2,1-3H3,(H,21,22)/b10-8+,15-12+. The Kier molecular flexibility index (Phi) is 9.93. The molecule has 0 amide bonds. The molecule has 1 aliphatic heterocycles. The van der Waals surface area contributed by atoms with E-state index in [2.05, 4.69) is 20.8 Å². The predicted molar refractivity (Wildman–Crippen MR) is 95.5 cm³/mol. The van der Waals surface area contributed by atoms with Gasteiger partial charge in [-0.2, -0.15) is 0 Å². The zero-order valence-electron chi connectivity index (χ0n) is 15.0. The molecule has 0 spiro atoms. The van der Waals surface area contributed by atoms with E-state index in [1.807, 2.05) is 12.2 Å². The number of hydrogen-bond donors (Lipinski definition) is 1. The predicted octanol–water partition coefficient (Wildman–Crippen LogP) is 5.36. The van der Waals surface area contributed by atoms with Crippen LogP contribution in [-0.4, -0.2) is 23.3 Å². The average Bonchev–Trinajstić information content (AvgIpc) is 2.77. The Labute approximate surface area is 141 Å². The summed E-state index contributed by atoms with van der Waals surface area (Å²) in [6.07, 6.45) is 17.1. The van der Waals surface area contributed by atoms with Crippen molar-refractivity contribution in [2.75, 3.05) is 0 Å². The second kappa shape index (κ2) is 11.4. The normalized spacial score (nSPS) is 28.1. The van der Waals surface area contributed by atoms with Crippen molar-refractivity contribution < 1.29 is 14.6 Å². The Morgan fingerprint density at radius 2 is 1.65 bits per heavy atom. The first-order valence-electron chi connectivity index (χ1n) is 9.27. The molecule has 3 nitrogen and oxygen atoms in total. The van der Waals surface area contributed by atoms with Gasteiger partial charge in [-0.3, -0.25) is 0 Å². The number of hydrogen-bond acceptors (Lipinski definition) is 2. The molecule has 132 valence electrons. The van der Waals surface area contributed by atoms with Gasteiger partial charge in [0, 0.05) is 6.08 Å². The molecule has 0 bridgehead atoms. The number of aliphatic carboxylic acids is 1. The molecule has 0 saturated carbocycles. The maximum atomic E-state index is 10.3. The van der Waals surface area contributed by atoms with E-state index in [9.17, 15) is 4.79 Å². The van der Waals surface area contributed by atoms with E-state index >= 15 is 0 Å². The van der Waals surface area contributed by atoms with Crippen LogP contribution in [-0.2, 0) is 9.53 Å². The first kappa shape index (κ1) is 20.0. The smallest absolute Gasteiger partial charge is 0.328 e. The fourth-order valence-corrected chi connectivity index (χ4v) is 3.37. The summed E-state index contributed by atoms with van der Waals surface area (Å²) in [4.78, 5) is 10.3. The van der Waals surface area contributed by atoms with Gasteiger partial charge in [-0.25, -0.2) is 4.79 Å². The van der Waals surface area contributed by atoms with Gasteiger partial charge in [0.25, 0.3) is 0 Å². The molecular formula is C20H34O3. The van der Waals surface area contributed by atoms with Gasteiger partial charge in [-0.1, -0.05) is 64.7 Å². The van der Waals surface area contributed by atoms with Gasteiger partial charge in [-0.05, 0) is 37.5 Å². The summed E-state index contributed by atoms with van der Waals surface area (Å²) >= 11 is 0. The summed E-state index contributed by atoms with van der Waals surface area (Å²) in [5, 5.41) is 8.45. The highest BCUT2D eigenvalue weighted by molar-refractivity contribution is 5.80. The summed E-state index contributed by atoms with van der Waals surface area (Å²) < 4.78 is 6.25. The van der Waals surface area contributed by atoms with E-state index in [1.54, 1.807) is 6.08 Å². The minimum atomic E-state index is -0.895. The molecule has 0 aromatic heterocycles. The molecule has 1 fully saturated rings. The van der Waals surface area contributed by atoms with Gasteiger partial charge in [0.1, 0.15) is 0 Å². The van der Waals surface area contributed by atoms with Crippen LogP contribution >= 0.6 is 0 Å². The molecule has 0 radical (unpaired) electrons. The number of ether oxygens (including phenoxy) is 1. The van der Waals surface area contributed by atoms with Gasteiger partial charge in [0.2, 0.25) is 0 Å². The number of rotatable bonds is 11. The molecule has 1 saturated heterocycles. The molecule has 4 atom stereocenters. The summed E-state index contributed by atoms with van der Waals surface area (Å²) in [5.41, 5.74) is 0. The fourth-order valence-electron chi connectivity index (χ4n) is 3.37. The van der Waals surface area contributed by atoms with E-state index in [0.29, 0.717) is 24.0 Å². The van der Waals surface area contributed by atoms with Crippen LogP contribution < -0.4 is 0 Å². The highest BCUT2D eigenvalue weighted by atomic mass is 16.5. The van der Waals surface area contributed by atoms with E-state index < -0.39 is 5.97 Å². The molecule has 0 aromatic carbocycles. The van der Waals surface area contributed by atoms with Crippen molar-refractivity contribution in [3.05, 3.63) is 24.3 Å². The molecule has 0 aliphatic carbocycles. The van der Waals surface area contributed by atoms with Gasteiger partial charge in [0.15, 0.2) is 0 Å². The van der Waals surface area contributed by atoms with Crippen LogP contribution in [0.4, 0.5) is 0 Å². The van der Waals surface area contributed by atoms with E-state index in [0.717, 1.165) is 12.5 Å². The number of carboxylic acid groups (broad SMARTS) is 1. The van der Waals surface area contributed by atoms with E-state index in [1.165, 1.54) is 44.9 Å². The number of carboxylic acids is 1. The van der Waals surface area contributed by atoms with Crippen molar-refractivity contribution in [2.45, 2.75) is 84.3 Å². The monoisotopic (exact) mass is 322 g/mol. The molecule has 1 rings (SSSR count). The lowest BCUT2D eigenvalue weighted by Crippen LogP contribution is -2.16. The SMILES string of the molecule is CCCC1OC(CCCCCC/C=C/C=C/C(=O)O)C(C)C1C. The molecule has 1 N–H and O–H groups in total. The minimum absolute atomic E-state index is 0.461. The quantitative estimate of drug-likeness (QED) is 0.316. The lowest BCUT2D eigenvalue weighted by atomic mass is 9.87. The third kappa shape index (κ3) is 7.83. The van der Waals surface area contributed by atoms with Crippen molar-refractivity contribution in [2.24, 2.45) is 11.8 Å². The van der Waals surface area contributed by atoms with Crippen LogP contribution in [0.3, 0.4) is 0 Å². The molecule has 1 heterocycles. The zero-order chi connectivity index (χ0) is 17.1. The van der Waals surface area contributed by atoms with Crippen LogP contribution in [0.25, 0.3) is 0 Å². The van der Waals surface area contributed by atoms with Gasteiger partial charge in [0.05, 0.1) is 12.2 Å². The number of unbranched alkanes of at least 4 members (excludes halogenated alkanes) is 4.